The first-order chi connectivity index (χ1) is 11.0. The third-order valence-electron chi connectivity index (χ3n) is 3.93. The Morgan fingerprint density at radius 2 is 2.13 bits per heavy atom. The van der Waals surface area contributed by atoms with Crippen LogP contribution in [0.3, 0.4) is 0 Å². The normalized spacial score (nSPS) is 21.8. The summed E-state index contributed by atoms with van der Waals surface area (Å²) in [7, 11) is 0. The smallest absolute Gasteiger partial charge is 0.283 e. The standard InChI is InChI=1S/C15H10BrClFN3O2/c16-7-1-2-10-8(5-7)15(3-4-20-14(19)23-15)9-6-11(17)21-13(18)12(9)22-10/h1-2,5-6H,3-4H2,(H2,19,20)/t15-/m1/s1. The van der Waals surface area contributed by atoms with Crippen molar-refractivity contribution in [1.29, 1.82) is 0 Å². The number of halogens is 3. The highest BCUT2D eigenvalue weighted by atomic mass is 79.9. The summed E-state index contributed by atoms with van der Waals surface area (Å²) in [6.07, 6.45) is 0.479. The first-order valence-corrected chi connectivity index (χ1v) is 8.00. The van der Waals surface area contributed by atoms with E-state index >= 15 is 0 Å². The number of rotatable bonds is 0. The fourth-order valence-corrected chi connectivity index (χ4v) is 3.54. The van der Waals surface area contributed by atoms with Gasteiger partial charge in [0.15, 0.2) is 11.4 Å². The second kappa shape index (κ2) is 5.07. The van der Waals surface area contributed by atoms with E-state index in [-0.39, 0.29) is 16.9 Å². The molecule has 1 aromatic carbocycles. The third kappa shape index (κ3) is 2.18. The predicted octanol–water partition coefficient (Wildman–Crippen LogP) is 3.72. The van der Waals surface area contributed by atoms with Crippen molar-refractivity contribution in [1.82, 2.24) is 4.98 Å². The molecule has 0 bridgehead atoms. The molecule has 4 rings (SSSR count). The lowest BCUT2D eigenvalue weighted by molar-refractivity contribution is 0.0623. The number of hydrogen-bond acceptors (Lipinski definition) is 5. The van der Waals surface area contributed by atoms with E-state index in [4.69, 9.17) is 26.8 Å². The summed E-state index contributed by atoms with van der Waals surface area (Å²) in [5.41, 5.74) is 5.99. The van der Waals surface area contributed by atoms with Crippen LogP contribution in [0.5, 0.6) is 11.5 Å². The summed E-state index contributed by atoms with van der Waals surface area (Å²) >= 11 is 9.39. The molecule has 2 N–H and O–H groups in total. The van der Waals surface area contributed by atoms with Crippen LogP contribution in [0, 0.1) is 5.95 Å². The second-order valence-corrected chi connectivity index (χ2v) is 6.56. The Bertz CT molecular complexity index is 861. The molecule has 8 heteroatoms. The van der Waals surface area contributed by atoms with Gasteiger partial charge in [0.2, 0.25) is 0 Å². The zero-order valence-electron chi connectivity index (χ0n) is 11.6. The van der Waals surface area contributed by atoms with E-state index in [0.717, 1.165) is 10.0 Å². The monoisotopic (exact) mass is 397 g/mol. The molecule has 0 radical (unpaired) electrons. The number of fused-ring (bicyclic) bond motifs is 4. The minimum atomic E-state index is -1.01. The first-order valence-electron chi connectivity index (χ1n) is 6.83. The highest BCUT2D eigenvalue weighted by Gasteiger charge is 2.48. The molecule has 0 fully saturated rings. The van der Waals surface area contributed by atoms with Crippen molar-refractivity contribution in [2.75, 3.05) is 6.54 Å². The summed E-state index contributed by atoms with van der Waals surface area (Å²) in [6, 6.07) is 7.00. The van der Waals surface area contributed by atoms with E-state index in [2.05, 4.69) is 25.9 Å². The van der Waals surface area contributed by atoms with Gasteiger partial charge in [0.25, 0.3) is 12.0 Å². The highest BCUT2D eigenvalue weighted by molar-refractivity contribution is 9.10. The molecule has 3 heterocycles. The Kier molecular flexibility index (Phi) is 3.24. The average Bonchev–Trinajstić information content (AvgIpc) is 2.50. The van der Waals surface area contributed by atoms with Crippen LogP contribution in [0.2, 0.25) is 5.15 Å². The Labute approximate surface area is 144 Å². The van der Waals surface area contributed by atoms with Crippen molar-refractivity contribution in [3.63, 3.8) is 0 Å². The van der Waals surface area contributed by atoms with Gasteiger partial charge >= 0.3 is 0 Å². The summed E-state index contributed by atoms with van der Waals surface area (Å²) < 4.78 is 26.7. The van der Waals surface area contributed by atoms with Crippen LogP contribution in [-0.2, 0) is 10.3 Å². The summed E-state index contributed by atoms with van der Waals surface area (Å²) in [5.74, 6) is -0.303. The van der Waals surface area contributed by atoms with Crippen LogP contribution in [-0.4, -0.2) is 17.6 Å². The fourth-order valence-electron chi connectivity index (χ4n) is 3.00. The van der Waals surface area contributed by atoms with Crippen LogP contribution in [0.25, 0.3) is 0 Å². The summed E-state index contributed by atoms with van der Waals surface area (Å²) in [6.45, 7) is 0.443. The Morgan fingerprint density at radius 1 is 1.30 bits per heavy atom. The van der Waals surface area contributed by atoms with Gasteiger partial charge in [-0.2, -0.15) is 4.39 Å². The van der Waals surface area contributed by atoms with E-state index in [1.165, 1.54) is 0 Å². The zero-order valence-corrected chi connectivity index (χ0v) is 14.0. The maximum Gasteiger partial charge on any atom is 0.283 e. The van der Waals surface area contributed by atoms with Crippen LogP contribution in [0.1, 0.15) is 17.5 Å². The largest absolute Gasteiger partial charge is 0.452 e. The van der Waals surface area contributed by atoms with Crippen molar-refractivity contribution < 1.29 is 13.9 Å². The summed E-state index contributed by atoms with van der Waals surface area (Å²) in [4.78, 5) is 7.69. The number of nitrogens with two attached hydrogens (primary N) is 1. The summed E-state index contributed by atoms with van der Waals surface area (Å²) in [5, 5.41) is 0.0207. The molecule has 0 aliphatic carbocycles. The molecule has 23 heavy (non-hydrogen) atoms. The molecule has 118 valence electrons. The van der Waals surface area contributed by atoms with Gasteiger partial charge in [0.1, 0.15) is 10.9 Å². The lowest BCUT2D eigenvalue weighted by Crippen LogP contribution is -2.42. The molecule has 1 aromatic heterocycles. The second-order valence-electron chi connectivity index (χ2n) is 5.25. The van der Waals surface area contributed by atoms with E-state index in [0.29, 0.717) is 24.3 Å². The van der Waals surface area contributed by atoms with E-state index in [9.17, 15) is 4.39 Å². The predicted molar refractivity (Wildman–Crippen MR) is 86.4 cm³/mol. The van der Waals surface area contributed by atoms with Crippen LogP contribution in [0.15, 0.2) is 33.7 Å². The lowest BCUT2D eigenvalue weighted by Gasteiger charge is -2.41. The van der Waals surface area contributed by atoms with E-state index < -0.39 is 11.5 Å². The topological polar surface area (TPSA) is 69.7 Å². The SMILES string of the molecule is NC1=NCC[C@@]2(O1)c1cc(Br)ccc1Oc1c2cc(Cl)nc1F. The third-order valence-corrected chi connectivity index (χ3v) is 4.62. The molecular formula is C15H10BrClFN3O2. The minimum Gasteiger partial charge on any atom is -0.452 e. The minimum absolute atomic E-state index is 0.000998. The van der Waals surface area contributed by atoms with Crippen molar-refractivity contribution in [2.24, 2.45) is 10.7 Å². The van der Waals surface area contributed by atoms with Gasteiger partial charge in [-0.25, -0.2) is 9.98 Å². The molecule has 0 amide bonds. The fraction of sp³-hybridized carbons (Fsp3) is 0.200. The number of nitrogens with zero attached hydrogens (tertiary/aromatic N) is 2. The first kappa shape index (κ1) is 14.7. The molecule has 0 unspecified atom stereocenters. The number of hydrogen-bond donors (Lipinski definition) is 1. The van der Waals surface area contributed by atoms with Gasteiger partial charge < -0.3 is 15.2 Å². The van der Waals surface area contributed by atoms with Crippen molar-refractivity contribution in [3.8, 4) is 11.5 Å². The molecule has 2 aliphatic rings. The van der Waals surface area contributed by atoms with Gasteiger partial charge in [-0.05, 0) is 24.3 Å². The molecule has 2 aliphatic heterocycles. The molecule has 5 nitrogen and oxygen atoms in total. The van der Waals surface area contributed by atoms with E-state index in [1.54, 1.807) is 18.2 Å². The molecular weight excluding hydrogens is 389 g/mol. The van der Waals surface area contributed by atoms with Gasteiger partial charge in [0.05, 0.1) is 5.56 Å². The molecule has 1 atom stereocenters. The van der Waals surface area contributed by atoms with Crippen LogP contribution in [0.4, 0.5) is 4.39 Å². The Hall–Kier alpha value is -1.86. The van der Waals surface area contributed by atoms with Crippen molar-refractivity contribution in [3.05, 3.63) is 51.0 Å². The Balaban J connectivity index is 2.04. The lowest BCUT2D eigenvalue weighted by atomic mass is 9.80. The number of aliphatic imine (C=N–C) groups is 1. The zero-order chi connectivity index (χ0) is 16.2. The quantitative estimate of drug-likeness (QED) is 0.687. The molecule has 0 saturated heterocycles. The molecule has 1 spiro atoms. The Morgan fingerprint density at radius 3 is 2.91 bits per heavy atom. The highest BCUT2D eigenvalue weighted by Crippen LogP contribution is 2.53. The van der Waals surface area contributed by atoms with Gasteiger partial charge in [-0.3, -0.25) is 0 Å². The average molecular weight is 399 g/mol. The van der Waals surface area contributed by atoms with Gasteiger partial charge in [0, 0.05) is 23.0 Å². The van der Waals surface area contributed by atoms with E-state index in [1.807, 2.05) is 6.07 Å². The van der Waals surface area contributed by atoms with Gasteiger partial charge in [-0.1, -0.05) is 27.5 Å². The van der Waals surface area contributed by atoms with Crippen LogP contribution < -0.4 is 10.5 Å². The maximum atomic E-state index is 14.3. The number of amidine groups is 1. The number of aromatic nitrogens is 1. The van der Waals surface area contributed by atoms with Crippen molar-refractivity contribution >= 4 is 33.6 Å². The maximum absolute atomic E-state index is 14.3. The van der Waals surface area contributed by atoms with Crippen molar-refractivity contribution in [2.45, 2.75) is 12.0 Å². The number of benzene rings is 1. The number of ether oxygens (including phenoxy) is 2. The molecule has 0 saturated carbocycles. The van der Waals surface area contributed by atoms with Crippen LogP contribution >= 0.6 is 27.5 Å². The molecule has 2 aromatic rings. The van der Waals surface area contributed by atoms with Gasteiger partial charge in [-0.15, -0.1) is 0 Å². The number of pyridine rings is 1.